The average Bonchev–Trinajstić information content (AvgIpc) is 2.79. The van der Waals surface area contributed by atoms with Crippen molar-refractivity contribution in [2.24, 2.45) is 5.14 Å². The van der Waals surface area contributed by atoms with Crippen LogP contribution in [0.2, 0.25) is 0 Å². The van der Waals surface area contributed by atoms with Crippen molar-refractivity contribution in [1.29, 1.82) is 0 Å². The summed E-state index contributed by atoms with van der Waals surface area (Å²) in [4.78, 5) is 0.0794. The number of aromatic nitrogens is 3. The van der Waals surface area contributed by atoms with Gasteiger partial charge in [0.1, 0.15) is 5.69 Å². The molecular weight excluding hydrogens is 264 g/mol. The maximum Gasteiger partial charge on any atom is 0.238 e. The van der Waals surface area contributed by atoms with Gasteiger partial charge < -0.3 is 0 Å². The third-order valence-corrected chi connectivity index (χ3v) is 3.94. The van der Waals surface area contributed by atoms with Crippen molar-refractivity contribution in [3.63, 3.8) is 0 Å². The highest BCUT2D eigenvalue weighted by Crippen LogP contribution is 2.35. The monoisotopic (exact) mass is 280 g/mol. The van der Waals surface area contributed by atoms with Crippen molar-refractivity contribution in [2.45, 2.75) is 31.6 Å². The third-order valence-electron chi connectivity index (χ3n) is 2.98. The number of hydrogen-bond donors (Lipinski definition) is 2. The molecule has 0 aliphatic rings. The van der Waals surface area contributed by atoms with Crippen molar-refractivity contribution >= 4 is 10.0 Å². The molecule has 0 radical (unpaired) electrons. The molecule has 1 aromatic heterocycles. The van der Waals surface area contributed by atoms with Crippen LogP contribution in [-0.2, 0) is 10.0 Å². The molecule has 6 nitrogen and oxygen atoms in total. The van der Waals surface area contributed by atoms with Gasteiger partial charge in [-0.05, 0) is 30.0 Å². The van der Waals surface area contributed by atoms with Crippen LogP contribution < -0.4 is 5.14 Å². The maximum atomic E-state index is 11.8. The van der Waals surface area contributed by atoms with Gasteiger partial charge in [-0.25, -0.2) is 13.6 Å². The largest absolute Gasteiger partial charge is 0.265 e. The molecule has 102 valence electrons. The topological polar surface area (TPSA) is 102 Å². The normalized spacial score (nSPS) is 12.1. The number of hydrogen-bond acceptors (Lipinski definition) is 4. The third kappa shape index (κ3) is 2.52. The average molecular weight is 280 g/mol. The smallest absolute Gasteiger partial charge is 0.238 e. The summed E-state index contributed by atoms with van der Waals surface area (Å²) in [5.41, 5.74) is 2.93. The Balaban J connectivity index is 2.89. The van der Waals surface area contributed by atoms with Gasteiger partial charge in [0.25, 0.3) is 0 Å². The summed E-state index contributed by atoms with van der Waals surface area (Å²) in [6, 6.07) is 3.28. The van der Waals surface area contributed by atoms with Crippen LogP contribution >= 0.6 is 0 Å². The molecule has 0 fully saturated rings. The van der Waals surface area contributed by atoms with E-state index < -0.39 is 10.0 Å². The first-order valence-electron chi connectivity index (χ1n) is 5.85. The number of nitrogens with one attached hydrogen (secondary N) is 1. The summed E-state index contributed by atoms with van der Waals surface area (Å²) >= 11 is 0. The number of H-pyrrole nitrogens is 1. The van der Waals surface area contributed by atoms with Gasteiger partial charge in [0.2, 0.25) is 10.0 Å². The Morgan fingerprint density at radius 2 is 2.00 bits per heavy atom. The molecule has 0 aliphatic carbocycles. The minimum absolute atomic E-state index is 0.0794. The Morgan fingerprint density at radius 3 is 2.47 bits per heavy atom. The van der Waals surface area contributed by atoms with Gasteiger partial charge in [0.15, 0.2) is 0 Å². The zero-order valence-electron chi connectivity index (χ0n) is 11.0. The number of nitrogens with two attached hydrogens (primary N) is 1. The number of nitrogens with zero attached hydrogens (tertiary/aromatic N) is 2. The first-order valence-corrected chi connectivity index (χ1v) is 7.40. The van der Waals surface area contributed by atoms with Crippen LogP contribution in [0.3, 0.4) is 0 Å². The van der Waals surface area contributed by atoms with Gasteiger partial charge in [-0.3, -0.25) is 5.10 Å². The van der Waals surface area contributed by atoms with E-state index in [1.54, 1.807) is 12.3 Å². The molecule has 3 N–H and O–H groups in total. The Labute approximate surface area is 112 Å². The van der Waals surface area contributed by atoms with Gasteiger partial charge in [-0.1, -0.05) is 25.1 Å². The number of aryl methyl sites for hydroxylation is 1. The highest BCUT2D eigenvalue weighted by atomic mass is 32.2. The summed E-state index contributed by atoms with van der Waals surface area (Å²) in [6.07, 6.45) is 1.56. The minimum Gasteiger partial charge on any atom is -0.265 e. The predicted octanol–water partition coefficient (Wildman–Crippen LogP) is 1.55. The number of sulfonamides is 1. The lowest BCUT2D eigenvalue weighted by Gasteiger charge is -2.17. The Kier molecular flexibility index (Phi) is 3.42. The summed E-state index contributed by atoms with van der Waals surface area (Å²) in [6.45, 7) is 5.93. The predicted molar refractivity (Wildman–Crippen MR) is 72.0 cm³/mol. The van der Waals surface area contributed by atoms with E-state index in [1.165, 1.54) is 6.07 Å². The van der Waals surface area contributed by atoms with Crippen molar-refractivity contribution < 1.29 is 8.42 Å². The summed E-state index contributed by atoms with van der Waals surface area (Å²) < 4.78 is 23.5. The maximum absolute atomic E-state index is 11.8. The number of rotatable bonds is 3. The van der Waals surface area contributed by atoms with Crippen LogP contribution in [0.4, 0.5) is 0 Å². The number of primary sulfonamides is 1. The molecular formula is C12H16N4O2S. The molecule has 1 heterocycles. The molecule has 0 saturated carbocycles. The first kappa shape index (κ1) is 13.7. The van der Waals surface area contributed by atoms with Crippen molar-refractivity contribution in [3.05, 3.63) is 29.5 Å². The highest BCUT2D eigenvalue weighted by molar-refractivity contribution is 7.89. The molecule has 1 aromatic carbocycles. The summed E-state index contributed by atoms with van der Waals surface area (Å²) in [5.74, 6) is 0.147. The van der Waals surface area contributed by atoms with Gasteiger partial charge >= 0.3 is 0 Å². The fraction of sp³-hybridized carbons (Fsp3) is 0.333. The highest BCUT2D eigenvalue weighted by Gasteiger charge is 2.23. The SMILES string of the molecule is Cc1ccc(S(N)(=O)=O)c(-c2c[nH]nn2)c1C(C)C. The van der Waals surface area contributed by atoms with E-state index in [-0.39, 0.29) is 10.8 Å². The molecule has 0 aliphatic heterocycles. The van der Waals surface area contributed by atoms with Crippen molar-refractivity contribution in [2.75, 3.05) is 0 Å². The van der Waals surface area contributed by atoms with Gasteiger partial charge in [0.05, 0.1) is 11.1 Å². The van der Waals surface area contributed by atoms with E-state index in [0.717, 1.165) is 11.1 Å². The lowest BCUT2D eigenvalue weighted by Crippen LogP contribution is -2.15. The van der Waals surface area contributed by atoms with E-state index in [0.29, 0.717) is 11.3 Å². The zero-order valence-corrected chi connectivity index (χ0v) is 11.8. The second-order valence-electron chi connectivity index (χ2n) is 4.73. The molecule has 19 heavy (non-hydrogen) atoms. The second-order valence-corrected chi connectivity index (χ2v) is 6.26. The lowest BCUT2D eigenvalue weighted by atomic mass is 9.91. The lowest BCUT2D eigenvalue weighted by molar-refractivity contribution is 0.598. The standard InChI is InChI=1S/C12H16N4O2S/c1-7(2)11-8(3)4-5-10(19(13,17)18)12(11)9-6-14-16-15-9/h4-7H,1-3H3,(H2,13,17,18)(H,14,15,16). The van der Waals surface area contributed by atoms with E-state index >= 15 is 0 Å². The Bertz CT molecular complexity index is 691. The summed E-state index contributed by atoms with van der Waals surface area (Å²) in [5, 5.41) is 15.5. The van der Waals surface area contributed by atoms with Crippen LogP contribution in [0.1, 0.15) is 30.9 Å². The van der Waals surface area contributed by atoms with Crippen molar-refractivity contribution in [1.82, 2.24) is 15.4 Å². The Morgan fingerprint density at radius 1 is 1.32 bits per heavy atom. The van der Waals surface area contributed by atoms with E-state index in [9.17, 15) is 8.42 Å². The Hall–Kier alpha value is -1.73. The van der Waals surface area contributed by atoms with Gasteiger partial charge in [-0.15, -0.1) is 5.10 Å². The summed E-state index contributed by atoms with van der Waals surface area (Å²) in [7, 11) is -3.81. The van der Waals surface area contributed by atoms with E-state index in [4.69, 9.17) is 5.14 Å². The molecule has 0 saturated heterocycles. The fourth-order valence-corrected chi connectivity index (χ4v) is 3.03. The molecule has 0 bridgehead atoms. The molecule has 0 atom stereocenters. The molecule has 2 aromatic rings. The van der Waals surface area contributed by atoms with Crippen LogP contribution in [-0.4, -0.2) is 23.8 Å². The molecule has 0 unspecified atom stereocenters. The van der Waals surface area contributed by atoms with Crippen molar-refractivity contribution in [3.8, 4) is 11.3 Å². The molecule has 0 amide bonds. The van der Waals surface area contributed by atoms with E-state index in [1.807, 2.05) is 20.8 Å². The molecule has 2 rings (SSSR count). The van der Waals surface area contributed by atoms with Gasteiger partial charge in [0, 0.05) is 5.56 Å². The number of aromatic amines is 1. The first-order chi connectivity index (χ1) is 8.82. The minimum atomic E-state index is -3.81. The fourth-order valence-electron chi connectivity index (χ4n) is 2.27. The zero-order chi connectivity index (χ0) is 14.2. The van der Waals surface area contributed by atoms with Gasteiger partial charge in [-0.2, -0.15) is 0 Å². The second kappa shape index (κ2) is 4.75. The molecule has 0 spiro atoms. The van der Waals surface area contributed by atoms with Crippen LogP contribution in [0.15, 0.2) is 23.2 Å². The molecule has 7 heteroatoms. The van der Waals surface area contributed by atoms with Crippen LogP contribution in [0.5, 0.6) is 0 Å². The quantitative estimate of drug-likeness (QED) is 0.890. The van der Waals surface area contributed by atoms with Crippen LogP contribution in [0, 0.1) is 6.92 Å². The number of benzene rings is 1. The van der Waals surface area contributed by atoms with E-state index in [2.05, 4.69) is 15.4 Å². The van der Waals surface area contributed by atoms with Crippen LogP contribution in [0.25, 0.3) is 11.3 Å².